The summed E-state index contributed by atoms with van der Waals surface area (Å²) in [5, 5.41) is 4.55. The Kier molecular flexibility index (Phi) is 3.49. The lowest BCUT2D eigenvalue weighted by atomic mass is 10.0. The maximum Gasteiger partial charge on any atom is 0.137 e. The number of rotatable bonds is 2. The van der Waals surface area contributed by atoms with E-state index in [0.717, 1.165) is 51.4 Å². The first kappa shape index (κ1) is 14.8. The van der Waals surface area contributed by atoms with E-state index in [1.807, 2.05) is 42.5 Å². The average molecular weight is 340 g/mol. The Hall–Kier alpha value is -3.47. The third-order valence-electron chi connectivity index (χ3n) is 4.57. The molecule has 1 aliphatic heterocycles. The van der Waals surface area contributed by atoms with Crippen LogP contribution in [0.1, 0.15) is 5.56 Å². The SMILES string of the molecule is c1ccc2c(c1)OCCc1c(Nc3ccc4cccnc4c3)ncnc1-2. The summed E-state index contributed by atoms with van der Waals surface area (Å²) in [6.07, 6.45) is 4.15. The smallest absolute Gasteiger partial charge is 0.137 e. The minimum absolute atomic E-state index is 0.603. The quantitative estimate of drug-likeness (QED) is 0.587. The molecule has 0 fully saturated rings. The number of nitrogens with zero attached hydrogens (tertiary/aromatic N) is 3. The first-order valence-corrected chi connectivity index (χ1v) is 8.56. The van der Waals surface area contributed by atoms with Crippen molar-refractivity contribution in [3.05, 3.63) is 72.7 Å². The van der Waals surface area contributed by atoms with Crippen molar-refractivity contribution in [1.82, 2.24) is 15.0 Å². The lowest BCUT2D eigenvalue weighted by molar-refractivity contribution is 0.326. The molecular weight excluding hydrogens is 324 g/mol. The Morgan fingerprint density at radius 3 is 2.88 bits per heavy atom. The fourth-order valence-corrected chi connectivity index (χ4v) is 3.32. The van der Waals surface area contributed by atoms with Crippen LogP contribution in [0.15, 0.2) is 67.1 Å². The van der Waals surface area contributed by atoms with Gasteiger partial charge in [-0.25, -0.2) is 9.97 Å². The first-order chi connectivity index (χ1) is 12.9. The van der Waals surface area contributed by atoms with Crippen LogP contribution in [0, 0.1) is 0 Å². The number of fused-ring (bicyclic) bond motifs is 4. The minimum atomic E-state index is 0.603. The van der Waals surface area contributed by atoms with Crippen LogP contribution >= 0.6 is 0 Å². The van der Waals surface area contributed by atoms with Gasteiger partial charge in [0, 0.05) is 34.8 Å². The fourth-order valence-electron chi connectivity index (χ4n) is 3.32. The highest BCUT2D eigenvalue weighted by Gasteiger charge is 2.20. The zero-order valence-electron chi connectivity index (χ0n) is 14.0. The van der Waals surface area contributed by atoms with Crippen molar-refractivity contribution in [3.8, 4) is 17.0 Å². The zero-order chi connectivity index (χ0) is 17.3. The Labute approximate surface area is 150 Å². The van der Waals surface area contributed by atoms with Crippen LogP contribution in [0.3, 0.4) is 0 Å². The predicted molar refractivity (Wildman–Crippen MR) is 102 cm³/mol. The van der Waals surface area contributed by atoms with Crippen LogP contribution in [0.25, 0.3) is 22.2 Å². The molecule has 1 aliphatic rings. The molecule has 0 atom stereocenters. The van der Waals surface area contributed by atoms with Gasteiger partial charge in [-0.2, -0.15) is 0 Å². The summed E-state index contributed by atoms with van der Waals surface area (Å²) in [5.74, 6) is 1.68. The van der Waals surface area contributed by atoms with Gasteiger partial charge in [0.05, 0.1) is 17.8 Å². The molecule has 0 spiro atoms. The molecule has 2 aromatic heterocycles. The summed E-state index contributed by atoms with van der Waals surface area (Å²) in [4.78, 5) is 13.4. The average Bonchev–Trinajstić information content (AvgIpc) is 2.88. The minimum Gasteiger partial charge on any atom is -0.493 e. The molecule has 5 heteroatoms. The molecule has 5 nitrogen and oxygen atoms in total. The zero-order valence-corrected chi connectivity index (χ0v) is 14.0. The molecule has 26 heavy (non-hydrogen) atoms. The summed E-state index contributed by atoms with van der Waals surface area (Å²) in [5.41, 5.74) is 4.90. The van der Waals surface area contributed by atoms with Crippen molar-refractivity contribution >= 4 is 22.4 Å². The second-order valence-electron chi connectivity index (χ2n) is 6.18. The van der Waals surface area contributed by atoms with Crippen molar-refractivity contribution < 1.29 is 4.74 Å². The van der Waals surface area contributed by atoms with Crippen molar-refractivity contribution in [2.45, 2.75) is 6.42 Å². The van der Waals surface area contributed by atoms with E-state index in [4.69, 9.17) is 4.74 Å². The van der Waals surface area contributed by atoms with Crippen LogP contribution in [0.5, 0.6) is 5.75 Å². The molecule has 0 amide bonds. The van der Waals surface area contributed by atoms with Crippen molar-refractivity contribution in [1.29, 1.82) is 0 Å². The second kappa shape index (κ2) is 6.11. The van der Waals surface area contributed by atoms with E-state index in [9.17, 15) is 0 Å². The first-order valence-electron chi connectivity index (χ1n) is 8.56. The van der Waals surface area contributed by atoms with E-state index < -0.39 is 0 Å². The molecule has 5 rings (SSSR count). The standard InChI is InChI=1S/C21H16N4O/c1-2-6-19-16(5-1)20-17(9-11-26-19)21(24-13-23-20)25-15-8-7-14-4-3-10-22-18(14)12-15/h1-8,10,12-13H,9,11H2,(H,23,24,25). The summed E-state index contributed by atoms with van der Waals surface area (Å²) < 4.78 is 5.89. The largest absolute Gasteiger partial charge is 0.493 e. The van der Waals surface area contributed by atoms with Crippen LogP contribution in [0.2, 0.25) is 0 Å². The Balaban J connectivity index is 1.58. The summed E-state index contributed by atoms with van der Waals surface area (Å²) in [7, 11) is 0. The Morgan fingerprint density at radius 1 is 0.923 bits per heavy atom. The molecule has 0 aliphatic carbocycles. The van der Waals surface area contributed by atoms with Gasteiger partial charge in [0.15, 0.2) is 0 Å². The van der Waals surface area contributed by atoms with Gasteiger partial charge in [0.25, 0.3) is 0 Å². The van der Waals surface area contributed by atoms with Gasteiger partial charge in [0.1, 0.15) is 17.9 Å². The summed E-state index contributed by atoms with van der Waals surface area (Å²) >= 11 is 0. The van der Waals surface area contributed by atoms with E-state index in [0.29, 0.717) is 6.61 Å². The van der Waals surface area contributed by atoms with E-state index in [-0.39, 0.29) is 0 Å². The van der Waals surface area contributed by atoms with Gasteiger partial charge in [0.2, 0.25) is 0 Å². The van der Waals surface area contributed by atoms with Gasteiger partial charge < -0.3 is 10.1 Å². The van der Waals surface area contributed by atoms with Crippen molar-refractivity contribution in [3.63, 3.8) is 0 Å². The number of para-hydroxylation sites is 1. The van der Waals surface area contributed by atoms with Crippen LogP contribution in [-0.4, -0.2) is 21.6 Å². The van der Waals surface area contributed by atoms with Crippen molar-refractivity contribution in [2.24, 2.45) is 0 Å². The second-order valence-corrected chi connectivity index (χ2v) is 6.18. The fraction of sp³-hybridized carbons (Fsp3) is 0.0952. The molecule has 2 aromatic carbocycles. The number of anilines is 2. The number of aromatic nitrogens is 3. The van der Waals surface area contributed by atoms with Crippen molar-refractivity contribution in [2.75, 3.05) is 11.9 Å². The molecular formula is C21H16N4O. The predicted octanol–water partition coefficient (Wildman–Crippen LogP) is 4.37. The van der Waals surface area contributed by atoms with E-state index in [1.165, 1.54) is 0 Å². The Bertz CT molecular complexity index is 1110. The molecule has 4 aromatic rings. The highest BCUT2D eigenvalue weighted by molar-refractivity contribution is 5.83. The lowest BCUT2D eigenvalue weighted by Gasteiger charge is -2.13. The van der Waals surface area contributed by atoms with Gasteiger partial charge in [-0.3, -0.25) is 4.98 Å². The Morgan fingerprint density at radius 2 is 1.88 bits per heavy atom. The van der Waals surface area contributed by atoms with Gasteiger partial charge in [-0.15, -0.1) is 0 Å². The highest BCUT2D eigenvalue weighted by atomic mass is 16.5. The maximum atomic E-state index is 5.89. The summed E-state index contributed by atoms with van der Waals surface area (Å²) in [6.45, 7) is 0.603. The summed E-state index contributed by atoms with van der Waals surface area (Å²) in [6, 6.07) is 18.1. The van der Waals surface area contributed by atoms with Gasteiger partial charge in [-0.1, -0.05) is 24.3 Å². The molecule has 0 bridgehead atoms. The third kappa shape index (κ3) is 2.54. The highest BCUT2D eigenvalue weighted by Crippen LogP contribution is 2.36. The van der Waals surface area contributed by atoms with E-state index in [1.54, 1.807) is 12.5 Å². The van der Waals surface area contributed by atoms with Crippen LogP contribution in [0.4, 0.5) is 11.5 Å². The third-order valence-corrected chi connectivity index (χ3v) is 4.57. The lowest BCUT2D eigenvalue weighted by Crippen LogP contribution is -2.05. The molecule has 0 unspecified atom stereocenters. The topological polar surface area (TPSA) is 59.9 Å². The molecule has 0 saturated heterocycles. The molecule has 0 saturated carbocycles. The van der Waals surface area contributed by atoms with Gasteiger partial charge in [-0.05, 0) is 30.3 Å². The normalized spacial score (nSPS) is 12.6. The molecule has 1 N–H and O–H groups in total. The molecule has 3 heterocycles. The van der Waals surface area contributed by atoms with E-state index >= 15 is 0 Å². The monoisotopic (exact) mass is 340 g/mol. The number of hydrogen-bond donors (Lipinski definition) is 1. The number of nitrogens with one attached hydrogen (secondary N) is 1. The number of hydrogen-bond acceptors (Lipinski definition) is 5. The molecule has 126 valence electrons. The number of ether oxygens (including phenoxy) is 1. The van der Waals surface area contributed by atoms with Crippen LogP contribution in [-0.2, 0) is 6.42 Å². The molecule has 0 radical (unpaired) electrons. The maximum absolute atomic E-state index is 5.89. The number of benzene rings is 2. The van der Waals surface area contributed by atoms with Gasteiger partial charge >= 0.3 is 0 Å². The number of pyridine rings is 1. The van der Waals surface area contributed by atoms with E-state index in [2.05, 4.69) is 32.4 Å². The van der Waals surface area contributed by atoms with Crippen LogP contribution < -0.4 is 10.1 Å².